The fraction of sp³-hybridized carbons (Fsp3) is 0.467. The third-order valence-electron chi connectivity index (χ3n) is 3.69. The van der Waals surface area contributed by atoms with Gasteiger partial charge in [0.25, 0.3) is 5.56 Å². The highest BCUT2D eigenvalue weighted by atomic mass is 32.1. The molecular formula is C15H21N3OS. The van der Waals surface area contributed by atoms with Crippen LogP contribution in [0.3, 0.4) is 0 Å². The summed E-state index contributed by atoms with van der Waals surface area (Å²) in [5, 5.41) is 0.687. The zero-order chi connectivity index (χ0) is 14.7. The Balaban J connectivity index is 2.49. The van der Waals surface area contributed by atoms with E-state index in [1.165, 1.54) is 0 Å². The average Bonchev–Trinajstić information content (AvgIpc) is 2.44. The van der Waals surface area contributed by atoms with Gasteiger partial charge in [-0.3, -0.25) is 9.36 Å². The highest BCUT2D eigenvalue weighted by Crippen LogP contribution is 2.11. The third-order valence-corrected chi connectivity index (χ3v) is 3.99. The molecule has 5 heteroatoms. The van der Waals surface area contributed by atoms with E-state index in [-0.39, 0.29) is 11.6 Å². The molecule has 0 saturated heterocycles. The van der Waals surface area contributed by atoms with Crippen molar-refractivity contribution in [1.29, 1.82) is 0 Å². The Kier molecular flexibility index (Phi) is 4.73. The van der Waals surface area contributed by atoms with Crippen LogP contribution < -0.4 is 5.56 Å². The molecule has 1 atom stereocenters. The lowest BCUT2D eigenvalue weighted by atomic mass is 10.2. The van der Waals surface area contributed by atoms with Crippen LogP contribution in [0.4, 0.5) is 0 Å². The number of likely N-dealkylation sites (N-methyl/N-ethyl adjacent to an activating group) is 1. The molecule has 0 amide bonds. The topological polar surface area (TPSA) is 41.0 Å². The van der Waals surface area contributed by atoms with E-state index >= 15 is 0 Å². The number of hydrogen-bond acceptors (Lipinski definition) is 3. The van der Waals surface area contributed by atoms with Gasteiger partial charge in [0.2, 0.25) is 0 Å². The molecule has 1 N–H and O–H groups in total. The summed E-state index contributed by atoms with van der Waals surface area (Å²) in [5.41, 5.74) is 0.790. The molecule has 0 aliphatic carbocycles. The standard InChI is InChI=1S/C15H21N3OS/c1-4-17(5-2)10-11(3)18-14(19)12-8-6-7-9-13(12)16-15(18)20/h6-9,11H,4-5,10H2,1-3H3,(H,16,20). The minimum Gasteiger partial charge on any atom is -0.332 e. The van der Waals surface area contributed by atoms with Crippen LogP contribution in [-0.4, -0.2) is 34.1 Å². The molecule has 0 aliphatic heterocycles. The highest BCUT2D eigenvalue weighted by Gasteiger charge is 2.13. The molecule has 0 bridgehead atoms. The summed E-state index contributed by atoms with van der Waals surface area (Å²) < 4.78 is 2.18. The van der Waals surface area contributed by atoms with Crippen LogP contribution in [0.1, 0.15) is 26.8 Å². The zero-order valence-electron chi connectivity index (χ0n) is 12.2. The number of para-hydroxylation sites is 1. The van der Waals surface area contributed by atoms with Crippen LogP contribution >= 0.6 is 12.2 Å². The number of rotatable bonds is 5. The van der Waals surface area contributed by atoms with E-state index in [0.29, 0.717) is 10.2 Å². The second-order valence-electron chi connectivity index (χ2n) is 4.99. The first-order chi connectivity index (χ1) is 9.58. The molecule has 0 radical (unpaired) electrons. The van der Waals surface area contributed by atoms with Crippen LogP contribution in [0.5, 0.6) is 0 Å². The van der Waals surface area contributed by atoms with Gasteiger partial charge < -0.3 is 9.88 Å². The molecule has 4 nitrogen and oxygen atoms in total. The van der Waals surface area contributed by atoms with Gasteiger partial charge in [-0.15, -0.1) is 0 Å². The summed E-state index contributed by atoms with van der Waals surface area (Å²) in [6.45, 7) is 9.06. The fourth-order valence-electron chi connectivity index (χ4n) is 2.51. The van der Waals surface area contributed by atoms with Gasteiger partial charge in [-0.25, -0.2) is 0 Å². The van der Waals surface area contributed by atoms with Gasteiger partial charge in [0, 0.05) is 12.6 Å². The van der Waals surface area contributed by atoms with Gasteiger partial charge >= 0.3 is 0 Å². The van der Waals surface area contributed by atoms with Crippen molar-refractivity contribution in [3.8, 4) is 0 Å². The predicted octanol–water partition coefficient (Wildman–Crippen LogP) is 2.96. The molecule has 2 rings (SSSR count). The van der Waals surface area contributed by atoms with Crippen molar-refractivity contribution in [2.75, 3.05) is 19.6 Å². The van der Waals surface area contributed by atoms with E-state index in [1.807, 2.05) is 31.2 Å². The number of nitrogens with one attached hydrogen (secondary N) is 1. The Morgan fingerprint density at radius 2 is 1.95 bits per heavy atom. The second-order valence-corrected chi connectivity index (χ2v) is 5.37. The molecule has 20 heavy (non-hydrogen) atoms. The lowest BCUT2D eigenvalue weighted by Gasteiger charge is -2.24. The Hall–Kier alpha value is -1.46. The molecule has 0 saturated carbocycles. The van der Waals surface area contributed by atoms with E-state index in [4.69, 9.17) is 12.2 Å². The first-order valence-corrected chi connectivity index (χ1v) is 7.45. The smallest absolute Gasteiger partial charge is 0.262 e. The lowest BCUT2D eigenvalue weighted by molar-refractivity contribution is 0.257. The maximum Gasteiger partial charge on any atom is 0.262 e. The monoisotopic (exact) mass is 291 g/mol. The van der Waals surface area contributed by atoms with Crippen LogP contribution in [0, 0.1) is 4.77 Å². The minimum atomic E-state index is -0.0102. The Morgan fingerprint density at radius 3 is 2.60 bits per heavy atom. The van der Waals surface area contributed by atoms with Gasteiger partial charge in [0.15, 0.2) is 4.77 Å². The molecule has 108 valence electrons. The summed E-state index contributed by atoms with van der Waals surface area (Å²) in [5.74, 6) is 0. The molecule has 1 unspecified atom stereocenters. The first-order valence-electron chi connectivity index (χ1n) is 7.04. The number of fused-ring (bicyclic) bond motifs is 1. The average molecular weight is 291 g/mol. The number of hydrogen-bond donors (Lipinski definition) is 1. The number of aromatic amines is 1. The van der Waals surface area contributed by atoms with Crippen molar-refractivity contribution < 1.29 is 0 Å². The van der Waals surface area contributed by atoms with Crippen LogP contribution in [0.2, 0.25) is 0 Å². The van der Waals surface area contributed by atoms with E-state index in [1.54, 1.807) is 4.57 Å². The van der Waals surface area contributed by atoms with Gasteiger partial charge in [-0.1, -0.05) is 26.0 Å². The second kappa shape index (κ2) is 6.33. The maximum atomic E-state index is 12.6. The van der Waals surface area contributed by atoms with Crippen LogP contribution in [0.25, 0.3) is 10.9 Å². The molecule has 1 aromatic heterocycles. The summed E-state index contributed by atoms with van der Waals surface area (Å²) in [7, 11) is 0. The van der Waals surface area contributed by atoms with E-state index in [2.05, 4.69) is 23.7 Å². The van der Waals surface area contributed by atoms with Crippen molar-refractivity contribution in [3.05, 3.63) is 39.4 Å². The maximum absolute atomic E-state index is 12.6. The Bertz CT molecular complexity index is 700. The quantitative estimate of drug-likeness (QED) is 0.861. The van der Waals surface area contributed by atoms with Crippen LogP contribution in [-0.2, 0) is 0 Å². The Morgan fingerprint density at radius 1 is 1.30 bits per heavy atom. The SMILES string of the molecule is CCN(CC)CC(C)n1c(=S)[nH]c2ccccc2c1=O. The van der Waals surface area contributed by atoms with Gasteiger partial charge in [0.1, 0.15) is 0 Å². The first kappa shape index (κ1) is 14.9. The highest BCUT2D eigenvalue weighted by molar-refractivity contribution is 7.71. The molecule has 2 aromatic rings. The van der Waals surface area contributed by atoms with Crippen molar-refractivity contribution in [1.82, 2.24) is 14.5 Å². The van der Waals surface area contributed by atoms with E-state index < -0.39 is 0 Å². The summed E-state index contributed by atoms with van der Waals surface area (Å²) in [4.78, 5) is 18.0. The van der Waals surface area contributed by atoms with Crippen molar-refractivity contribution >= 4 is 23.1 Å². The largest absolute Gasteiger partial charge is 0.332 e. The molecule has 0 spiro atoms. The number of aromatic nitrogens is 2. The van der Waals surface area contributed by atoms with E-state index in [9.17, 15) is 4.79 Å². The van der Waals surface area contributed by atoms with Gasteiger partial charge in [-0.05, 0) is 44.4 Å². The molecule has 0 fully saturated rings. The Labute approximate surface area is 124 Å². The molecule has 1 heterocycles. The summed E-state index contributed by atoms with van der Waals surface area (Å²) in [6, 6.07) is 7.54. The van der Waals surface area contributed by atoms with Gasteiger partial charge in [-0.2, -0.15) is 0 Å². The van der Waals surface area contributed by atoms with Crippen molar-refractivity contribution in [2.24, 2.45) is 0 Å². The molecule has 0 aliphatic rings. The van der Waals surface area contributed by atoms with Crippen molar-refractivity contribution in [3.63, 3.8) is 0 Å². The number of H-pyrrole nitrogens is 1. The van der Waals surface area contributed by atoms with Crippen molar-refractivity contribution in [2.45, 2.75) is 26.8 Å². The predicted molar refractivity (Wildman–Crippen MR) is 85.9 cm³/mol. The number of benzene rings is 1. The lowest BCUT2D eigenvalue weighted by Crippen LogP contribution is -2.34. The normalized spacial score (nSPS) is 13.0. The summed E-state index contributed by atoms with van der Waals surface area (Å²) >= 11 is 5.36. The fourth-order valence-corrected chi connectivity index (χ4v) is 2.89. The molecule has 1 aromatic carbocycles. The van der Waals surface area contributed by atoms with E-state index in [0.717, 1.165) is 25.2 Å². The third kappa shape index (κ3) is 2.83. The minimum absolute atomic E-state index is 0.0102. The zero-order valence-corrected chi connectivity index (χ0v) is 13.0. The summed E-state index contributed by atoms with van der Waals surface area (Å²) in [6.07, 6.45) is 0. The number of nitrogens with zero attached hydrogens (tertiary/aromatic N) is 2. The van der Waals surface area contributed by atoms with Gasteiger partial charge in [0.05, 0.1) is 10.9 Å². The molecular weight excluding hydrogens is 270 g/mol. The van der Waals surface area contributed by atoms with Crippen LogP contribution in [0.15, 0.2) is 29.1 Å².